The molecule has 0 radical (unpaired) electrons. The average molecular weight is 176 g/mol. The molecule has 1 aromatic rings. The van der Waals surface area contributed by atoms with Crippen LogP contribution in [0.25, 0.3) is 6.08 Å². The summed E-state index contributed by atoms with van der Waals surface area (Å²) in [6.07, 6.45) is 1.81. The van der Waals surface area contributed by atoms with E-state index in [1.54, 1.807) is 0 Å². The zero-order valence-corrected chi connectivity index (χ0v) is 8.46. The summed E-state index contributed by atoms with van der Waals surface area (Å²) in [6, 6.07) is 4.09. The van der Waals surface area contributed by atoms with E-state index in [1.807, 2.05) is 25.3 Å². The Morgan fingerprint density at radius 1 is 1.46 bits per heavy atom. The number of anilines is 1. The number of hydrogen-bond donors (Lipinski definition) is 1. The Labute approximate surface area is 79.7 Å². The Morgan fingerprint density at radius 3 is 2.62 bits per heavy atom. The van der Waals surface area contributed by atoms with E-state index in [-0.39, 0.29) is 0 Å². The summed E-state index contributed by atoms with van der Waals surface area (Å²) in [7, 11) is 1.87. The molecule has 0 unspecified atom stereocenters. The van der Waals surface area contributed by atoms with Gasteiger partial charge >= 0.3 is 0 Å². The maximum absolute atomic E-state index is 4.48. The lowest BCUT2D eigenvalue weighted by molar-refractivity contribution is 0.824. The second-order valence-electron chi connectivity index (χ2n) is 3.28. The monoisotopic (exact) mass is 176 g/mol. The van der Waals surface area contributed by atoms with Crippen molar-refractivity contribution in [2.24, 2.45) is 0 Å². The molecular formula is C11H16N2. The van der Waals surface area contributed by atoms with Crippen molar-refractivity contribution >= 4 is 11.9 Å². The minimum Gasteiger partial charge on any atom is -0.373 e. The van der Waals surface area contributed by atoms with Crippen LogP contribution in [0.3, 0.4) is 0 Å². The number of nitrogens with zero attached hydrogens (tertiary/aromatic N) is 1. The summed E-state index contributed by atoms with van der Waals surface area (Å²) in [5.41, 5.74) is 2.15. The largest absolute Gasteiger partial charge is 0.373 e. The number of rotatable bonds is 3. The van der Waals surface area contributed by atoms with E-state index in [0.717, 1.165) is 17.1 Å². The van der Waals surface area contributed by atoms with Crippen LogP contribution < -0.4 is 5.32 Å². The summed E-state index contributed by atoms with van der Waals surface area (Å²) in [5.74, 6) is 1.37. The molecule has 2 nitrogen and oxygen atoms in total. The quantitative estimate of drug-likeness (QED) is 0.766. The first-order valence-electron chi connectivity index (χ1n) is 4.50. The summed E-state index contributed by atoms with van der Waals surface area (Å²) < 4.78 is 0. The molecule has 1 N–H and O–H groups in total. The SMILES string of the molecule is C=Cc1ccc(C(C)C)nc1NC. The van der Waals surface area contributed by atoms with Crippen molar-refractivity contribution in [3.63, 3.8) is 0 Å². The van der Waals surface area contributed by atoms with Gasteiger partial charge in [0, 0.05) is 18.3 Å². The van der Waals surface area contributed by atoms with Crippen LogP contribution in [0.4, 0.5) is 5.82 Å². The van der Waals surface area contributed by atoms with Crippen LogP contribution in [0.2, 0.25) is 0 Å². The van der Waals surface area contributed by atoms with Crippen molar-refractivity contribution < 1.29 is 0 Å². The first-order valence-corrected chi connectivity index (χ1v) is 4.50. The van der Waals surface area contributed by atoms with Crippen molar-refractivity contribution in [3.8, 4) is 0 Å². The molecule has 0 atom stereocenters. The van der Waals surface area contributed by atoms with Crippen LogP contribution in [0.15, 0.2) is 18.7 Å². The zero-order valence-electron chi connectivity index (χ0n) is 8.46. The van der Waals surface area contributed by atoms with Crippen molar-refractivity contribution in [3.05, 3.63) is 30.0 Å². The van der Waals surface area contributed by atoms with Gasteiger partial charge in [-0.25, -0.2) is 4.98 Å². The van der Waals surface area contributed by atoms with Gasteiger partial charge in [0.2, 0.25) is 0 Å². The Hall–Kier alpha value is -1.31. The van der Waals surface area contributed by atoms with Gasteiger partial charge in [0.15, 0.2) is 0 Å². The smallest absolute Gasteiger partial charge is 0.133 e. The fourth-order valence-corrected chi connectivity index (χ4v) is 1.17. The minimum atomic E-state index is 0.464. The van der Waals surface area contributed by atoms with E-state index in [1.165, 1.54) is 0 Å². The van der Waals surface area contributed by atoms with Gasteiger partial charge in [-0.05, 0) is 18.1 Å². The first-order chi connectivity index (χ1) is 6.19. The molecule has 0 spiro atoms. The highest BCUT2D eigenvalue weighted by Gasteiger charge is 2.04. The average Bonchev–Trinajstić information content (AvgIpc) is 2.16. The van der Waals surface area contributed by atoms with E-state index in [2.05, 4.69) is 30.7 Å². The standard InChI is InChI=1S/C11H16N2/c1-5-9-6-7-10(8(2)3)13-11(9)12-4/h5-8H,1H2,2-4H3,(H,12,13). The molecule has 0 bridgehead atoms. The Morgan fingerprint density at radius 2 is 2.15 bits per heavy atom. The van der Waals surface area contributed by atoms with Crippen LogP contribution in [-0.2, 0) is 0 Å². The fourth-order valence-electron chi connectivity index (χ4n) is 1.17. The summed E-state index contributed by atoms with van der Waals surface area (Å²) in [6.45, 7) is 8.00. The molecule has 0 saturated carbocycles. The second-order valence-corrected chi connectivity index (χ2v) is 3.28. The summed E-state index contributed by atoms with van der Waals surface area (Å²) in [5, 5.41) is 3.06. The van der Waals surface area contributed by atoms with Gasteiger partial charge in [-0.15, -0.1) is 0 Å². The first kappa shape index (κ1) is 9.78. The van der Waals surface area contributed by atoms with E-state index >= 15 is 0 Å². The molecule has 70 valence electrons. The zero-order chi connectivity index (χ0) is 9.84. The van der Waals surface area contributed by atoms with E-state index in [9.17, 15) is 0 Å². The molecule has 1 rings (SSSR count). The van der Waals surface area contributed by atoms with Crippen LogP contribution in [0, 0.1) is 0 Å². The molecule has 0 amide bonds. The van der Waals surface area contributed by atoms with E-state index in [4.69, 9.17) is 0 Å². The Kier molecular flexibility index (Phi) is 3.07. The lowest BCUT2D eigenvalue weighted by Gasteiger charge is -2.09. The van der Waals surface area contributed by atoms with Gasteiger partial charge < -0.3 is 5.32 Å². The highest BCUT2D eigenvalue weighted by atomic mass is 15.0. The predicted molar refractivity (Wildman–Crippen MR) is 58.0 cm³/mol. The third-order valence-corrected chi connectivity index (χ3v) is 2.00. The number of aromatic nitrogens is 1. The topological polar surface area (TPSA) is 24.9 Å². The molecule has 2 heteroatoms. The molecule has 1 heterocycles. The summed E-state index contributed by atoms with van der Waals surface area (Å²) in [4.78, 5) is 4.48. The van der Waals surface area contributed by atoms with Crippen molar-refractivity contribution in [2.45, 2.75) is 19.8 Å². The predicted octanol–water partition coefficient (Wildman–Crippen LogP) is 2.89. The number of nitrogens with one attached hydrogen (secondary N) is 1. The summed E-state index contributed by atoms with van der Waals surface area (Å²) >= 11 is 0. The van der Waals surface area contributed by atoms with Crippen molar-refractivity contribution in [1.82, 2.24) is 4.98 Å². The molecule has 1 aromatic heterocycles. The van der Waals surface area contributed by atoms with Gasteiger partial charge in [-0.3, -0.25) is 0 Å². The van der Waals surface area contributed by atoms with E-state index in [0.29, 0.717) is 5.92 Å². The molecular weight excluding hydrogens is 160 g/mol. The van der Waals surface area contributed by atoms with Crippen LogP contribution in [-0.4, -0.2) is 12.0 Å². The molecule has 13 heavy (non-hydrogen) atoms. The van der Waals surface area contributed by atoms with Crippen LogP contribution in [0.1, 0.15) is 31.0 Å². The molecule has 0 aliphatic carbocycles. The molecule has 0 aliphatic rings. The highest BCUT2D eigenvalue weighted by Crippen LogP contribution is 2.18. The Balaban J connectivity index is 3.12. The highest BCUT2D eigenvalue weighted by molar-refractivity contribution is 5.61. The normalized spacial score (nSPS) is 10.2. The van der Waals surface area contributed by atoms with Gasteiger partial charge in [-0.1, -0.05) is 26.5 Å². The minimum absolute atomic E-state index is 0.464. The lowest BCUT2D eigenvalue weighted by atomic mass is 10.1. The van der Waals surface area contributed by atoms with Crippen molar-refractivity contribution in [1.29, 1.82) is 0 Å². The molecule has 0 fully saturated rings. The number of pyridine rings is 1. The van der Waals surface area contributed by atoms with E-state index < -0.39 is 0 Å². The third-order valence-electron chi connectivity index (χ3n) is 2.00. The maximum Gasteiger partial charge on any atom is 0.133 e. The maximum atomic E-state index is 4.48. The lowest BCUT2D eigenvalue weighted by Crippen LogP contribution is -2.00. The number of hydrogen-bond acceptors (Lipinski definition) is 2. The molecule has 0 aliphatic heterocycles. The van der Waals surface area contributed by atoms with Gasteiger partial charge in [0.1, 0.15) is 5.82 Å². The van der Waals surface area contributed by atoms with Crippen molar-refractivity contribution in [2.75, 3.05) is 12.4 Å². The Bertz CT molecular complexity index is 303. The van der Waals surface area contributed by atoms with Crippen LogP contribution in [0.5, 0.6) is 0 Å². The van der Waals surface area contributed by atoms with Crippen LogP contribution >= 0.6 is 0 Å². The third kappa shape index (κ3) is 2.08. The molecule has 0 saturated heterocycles. The van der Waals surface area contributed by atoms with Gasteiger partial charge in [-0.2, -0.15) is 0 Å². The van der Waals surface area contributed by atoms with Gasteiger partial charge in [0.05, 0.1) is 0 Å². The second kappa shape index (κ2) is 4.08. The van der Waals surface area contributed by atoms with Gasteiger partial charge in [0.25, 0.3) is 0 Å². The molecule has 0 aromatic carbocycles. The fraction of sp³-hybridized carbons (Fsp3) is 0.364.